The summed E-state index contributed by atoms with van der Waals surface area (Å²) >= 11 is 4.91. The summed E-state index contributed by atoms with van der Waals surface area (Å²) in [4.78, 5) is 16.6. The van der Waals surface area contributed by atoms with Gasteiger partial charge in [0, 0.05) is 0 Å². The second-order valence-corrected chi connectivity index (χ2v) is 6.09. The standard InChI is InChI=1S/C11H11BrN2O2S/c1-3-7(6(2)15)11-13-10(14-16-11)8-4-5-9(12)17-8/h4-5,7H,3H2,1-2H3. The number of carbonyl (C=O) groups excluding carboxylic acids is 1. The lowest BCUT2D eigenvalue weighted by Gasteiger charge is -2.03. The lowest BCUT2D eigenvalue weighted by molar-refractivity contribution is -0.119. The normalized spacial score (nSPS) is 12.6. The van der Waals surface area contributed by atoms with Gasteiger partial charge in [0.25, 0.3) is 0 Å². The van der Waals surface area contributed by atoms with E-state index >= 15 is 0 Å². The van der Waals surface area contributed by atoms with E-state index in [4.69, 9.17) is 4.52 Å². The van der Waals surface area contributed by atoms with Crippen molar-refractivity contribution >= 4 is 33.0 Å². The van der Waals surface area contributed by atoms with Crippen molar-refractivity contribution in [1.29, 1.82) is 0 Å². The van der Waals surface area contributed by atoms with E-state index < -0.39 is 0 Å². The molecule has 0 saturated heterocycles. The lowest BCUT2D eigenvalue weighted by atomic mass is 10.0. The van der Waals surface area contributed by atoms with Gasteiger partial charge in [-0.1, -0.05) is 12.1 Å². The Morgan fingerprint density at radius 1 is 1.59 bits per heavy atom. The van der Waals surface area contributed by atoms with Gasteiger partial charge in [-0.05, 0) is 41.4 Å². The second kappa shape index (κ2) is 5.10. The van der Waals surface area contributed by atoms with Crippen molar-refractivity contribution < 1.29 is 9.32 Å². The number of halogens is 1. The van der Waals surface area contributed by atoms with E-state index in [1.54, 1.807) is 6.92 Å². The number of rotatable bonds is 4. The zero-order valence-corrected chi connectivity index (χ0v) is 11.8. The summed E-state index contributed by atoms with van der Waals surface area (Å²) in [7, 11) is 0. The third-order valence-corrected chi connectivity index (χ3v) is 4.05. The van der Waals surface area contributed by atoms with Crippen molar-refractivity contribution in [1.82, 2.24) is 10.1 Å². The van der Waals surface area contributed by atoms with E-state index in [0.29, 0.717) is 18.1 Å². The first-order chi connectivity index (χ1) is 8.11. The number of ketones is 1. The molecule has 0 aliphatic carbocycles. The van der Waals surface area contributed by atoms with Crippen LogP contribution in [0.1, 0.15) is 32.1 Å². The van der Waals surface area contributed by atoms with Gasteiger partial charge in [-0.3, -0.25) is 4.79 Å². The van der Waals surface area contributed by atoms with E-state index in [1.807, 2.05) is 19.1 Å². The van der Waals surface area contributed by atoms with E-state index in [0.717, 1.165) is 8.66 Å². The molecule has 2 aromatic rings. The summed E-state index contributed by atoms with van der Waals surface area (Å²) in [6.07, 6.45) is 0.672. The van der Waals surface area contributed by atoms with Crippen molar-refractivity contribution in [3.05, 3.63) is 21.8 Å². The van der Waals surface area contributed by atoms with Crippen LogP contribution in [0.5, 0.6) is 0 Å². The molecule has 2 heterocycles. The van der Waals surface area contributed by atoms with Crippen molar-refractivity contribution in [2.24, 2.45) is 0 Å². The van der Waals surface area contributed by atoms with Crippen molar-refractivity contribution in [2.45, 2.75) is 26.2 Å². The van der Waals surface area contributed by atoms with E-state index in [2.05, 4.69) is 26.1 Å². The van der Waals surface area contributed by atoms with Gasteiger partial charge in [-0.2, -0.15) is 4.98 Å². The number of hydrogen-bond donors (Lipinski definition) is 0. The Morgan fingerprint density at radius 2 is 2.35 bits per heavy atom. The van der Waals surface area contributed by atoms with Gasteiger partial charge >= 0.3 is 0 Å². The maximum atomic E-state index is 11.4. The number of carbonyl (C=O) groups is 1. The van der Waals surface area contributed by atoms with Crippen LogP contribution in [0.4, 0.5) is 0 Å². The minimum absolute atomic E-state index is 0.0510. The Morgan fingerprint density at radius 3 is 2.88 bits per heavy atom. The quantitative estimate of drug-likeness (QED) is 0.864. The largest absolute Gasteiger partial charge is 0.338 e. The molecule has 0 N–H and O–H groups in total. The van der Waals surface area contributed by atoms with Crippen molar-refractivity contribution in [3.63, 3.8) is 0 Å². The number of nitrogens with zero attached hydrogens (tertiary/aromatic N) is 2. The fourth-order valence-corrected chi connectivity index (χ4v) is 2.86. The van der Waals surface area contributed by atoms with Gasteiger partial charge < -0.3 is 4.52 Å². The average molecular weight is 315 g/mol. The summed E-state index contributed by atoms with van der Waals surface area (Å²) < 4.78 is 6.16. The van der Waals surface area contributed by atoms with E-state index in [-0.39, 0.29) is 11.7 Å². The lowest BCUT2D eigenvalue weighted by Crippen LogP contribution is -2.07. The predicted octanol–water partition coefficient (Wildman–Crippen LogP) is 3.64. The predicted molar refractivity (Wildman–Crippen MR) is 69.0 cm³/mol. The first kappa shape index (κ1) is 12.4. The molecule has 0 radical (unpaired) electrons. The molecular formula is C11H11BrN2O2S. The first-order valence-electron chi connectivity index (χ1n) is 5.21. The van der Waals surface area contributed by atoms with Crippen LogP contribution in [0, 0.1) is 0 Å². The first-order valence-corrected chi connectivity index (χ1v) is 6.82. The Kier molecular flexibility index (Phi) is 3.73. The molecule has 2 rings (SSSR count). The molecule has 0 fully saturated rings. The summed E-state index contributed by atoms with van der Waals surface area (Å²) in [5.74, 6) is 0.699. The maximum Gasteiger partial charge on any atom is 0.237 e. The third kappa shape index (κ3) is 2.63. The monoisotopic (exact) mass is 314 g/mol. The van der Waals surface area contributed by atoms with Crippen LogP contribution in [-0.2, 0) is 4.79 Å². The molecule has 17 heavy (non-hydrogen) atoms. The minimum Gasteiger partial charge on any atom is -0.338 e. The minimum atomic E-state index is -0.292. The van der Waals surface area contributed by atoms with E-state index in [9.17, 15) is 4.79 Å². The van der Waals surface area contributed by atoms with Crippen LogP contribution in [0.15, 0.2) is 20.4 Å². The number of thiophene rings is 1. The Balaban J connectivity index is 2.29. The van der Waals surface area contributed by atoms with Gasteiger partial charge in [0.1, 0.15) is 5.78 Å². The fourth-order valence-electron chi connectivity index (χ4n) is 1.55. The summed E-state index contributed by atoms with van der Waals surface area (Å²) in [5.41, 5.74) is 0. The smallest absolute Gasteiger partial charge is 0.237 e. The molecule has 1 atom stereocenters. The van der Waals surface area contributed by atoms with Gasteiger partial charge in [0.15, 0.2) is 0 Å². The molecule has 0 aliphatic heterocycles. The maximum absolute atomic E-state index is 11.4. The zero-order valence-electron chi connectivity index (χ0n) is 9.44. The number of aromatic nitrogens is 2. The second-order valence-electron chi connectivity index (χ2n) is 3.63. The molecule has 0 aromatic carbocycles. The van der Waals surface area contributed by atoms with Gasteiger partial charge in [-0.15, -0.1) is 11.3 Å². The Labute approximate surface area is 111 Å². The highest BCUT2D eigenvalue weighted by molar-refractivity contribution is 9.11. The highest BCUT2D eigenvalue weighted by Gasteiger charge is 2.22. The molecule has 1 unspecified atom stereocenters. The summed E-state index contributed by atoms with van der Waals surface area (Å²) in [6.45, 7) is 3.47. The van der Waals surface area contributed by atoms with Crippen LogP contribution >= 0.6 is 27.3 Å². The Bertz CT molecular complexity index is 535. The van der Waals surface area contributed by atoms with Crippen LogP contribution in [-0.4, -0.2) is 15.9 Å². The van der Waals surface area contributed by atoms with Gasteiger partial charge in [0.05, 0.1) is 14.6 Å². The molecule has 0 spiro atoms. The Hall–Kier alpha value is -1.01. The topological polar surface area (TPSA) is 56.0 Å². The SMILES string of the molecule is CCC(C(C)=O)c1nc(-c2ccc(Br)s2)no1. The van der Waals surface area contributed by atoms with E-state index in [1.165, 1.54) is 11.3 Å². The highest BCUT2D eigenvalue weighted by atomic mass is 79.9. The molecule has 2 aromatic heterocycles. The fraction of sp³-hybridized carbons (Fsp3) is 0.364. The number of Topliss-reactive ketones (excluding diaryl/α,β-unsaturated/α-hetero) is 1. The summed E-state index contributed by atoms with van der Waals surface area (Å²) in [5, 5.41) is 3.90. The molecule has 0 bridgehead atoms. The average Bonchev–Trinajstić information content (AvgIpc) is 2.87. The third-order valence-electron chi connectivity index (χ3n) is 2.43. The molecule has 90 valence electrons. The van der Waals surface area contributed by atoms with Gasteiger partial charge in [0.2, 0.25) is 11.7 Å². The molecule has 0 saturated carbocycles. The van der Waals surface area contributed by atoms with Crippen LogP contribution in [0.25, 0.3) is 10.7 Å². The molecular weight excluding hydrogens is 304 g/mol. The molecule has 6 heteroatoms. The van der Waals surface area contributed by atoms with Crippen molar-refractivity contribution in [3.8, 4) is 10.7 Å². The van der Waals surface area contributed by atoms with Crippen molar-refractivity contribution in [2.75, 3.05) is 0 Å². The molecule has 4 nitrogen and oxygen atoms in total. The summed E-state index contributed by atoms with van der Waals surface area (Å²) in [6, 6.07) is 3.84. The molecule has 0 amide bonds. The number of hydrogen-bond acceptors (Lipinski definition) is 5. The van der Waals surface area contributed by atoms with Crippen LogP contribution < -0.4 is 0 Å². The highest BCUT2D eigenvalue weighted by Crippen LogP contribution is 2.30. The van der Waals surface area contributed by atoms with Gasteiger partial charge in [-0.25, -0.2) is 0 Å². The molecule has 0 aliphatic rings. The zero-order chi connectivity index (χ0) is 12.4. The van der Waals surface area contributed by atoms with Crippen LogP contribution in [0.2, 0.25) is 0 Å². The van der Waals surface area contributed by atoms with Crippen LogP contribution in [0.3, 0.4) is 0 Å².